The molecular formula is C20H14BrFN4O3. The van der Waals surface area contributed by atoms with E-state index in [4.69, 9.17) is 4.42 Å². The maximum atomic E-state index is 13.0. The molecule has 9 heteroatoms. The minimum absolute atomic E-state index is 0.0735. The minimum atomic E-state index is -0.633. The Hall–Kier alpha value is -3.33. The number of rotatable bonds is 4. The first-order valence-corrected chi connectivity index (χ1v) is 9.35. The molecule has 2 aromatic heterocycles. The van der Waals surface area contributed by atoms with Crippen LogP contribution in [0.2, 0.25) is 0 Å². The molecule has 0 saturated heterocycles. The SMILES string of the molecule is Cn1c(-c2ccc(Br)cc2)nc(-c2nnc(Cc3ccc(F)cc3)o2)c(O)c1=O. The second-order valence-electron chi connectivity index (χ2n) is 6.31. The van der Waals surface area contributed by atoms with E-state index in [1.807, 2.05) is 12.1 Å². The highest BCUT2D eigenvalue weighted by molar-refractivity contribution is 9.10. The normalized spacial score (nSPS) is 11.0. The molecule has 7 nitrogen and oxygen atoms in total. The van der Waals surface area contributed by atoms with Crippen molar-refractivity contribution in [1.82, 2.24) is 19.7 Å². The van der Waals surface area contributed by atoms with Crippen molar-refractivity contribution < 1.29 is 13.9 Å². The van der Waals surface area contributed by atoms with Crippen LogP contribution in [0.3, 0.4) is 0 Å². The van der Waals surface area contributed by atoms with Crippen LogP contribution in [0, 0.1) is 5.82 Å². The predicted octanol–water partition coefficient (Wildman–Crippen LogP) is 3.70. The standard InChI is InChI=1S/C20H14BrFN4O3/c1-26-18(12-4-6-13(21)7-5-12)23-16(17(27)20(26)28)19-25-24-15(29-19)10-11-2-8-14(22)9-3-11/h2-9,27H,10H2,1H3. The molecule has 4 aromatic rings. The quantitative estimate of drug-likeness (QED) is 0.503. The third-order valence-electron chi connectivity index (χ3n) is 4.31. The summed E-state index contributed by atoms with van der Waals surface area (Å²) >= 11 is 3.36. The average Bonchev–Trinajstić information content (AvgIpc) is 3.17. The Morgan fingerprint density at radius 1 is 1.10 bits per heavy atom. The minimum Gasteiger partial charge on any atom is -0.501 e. The molecule has 146 valence electrons. The third-order valence-corrected chi connectivity index (χ3v) is 4.84. The molecule has 0 bridgehead atoms. The van der Waals surface area contributed by atoms with Crippen LogP contribution in [-0.2, 0) is 13.5 Å². The summed E-state index contributed by atoms with van der Waals surface area (Å²) in [4.78, 5) is 16.9. The van der Waals surface area contributed by atoms with Gasteiger partial charge in [0.05, 0.1) is 6.42 Å². The zero-order chi connectivity index (χ0) is 20.5. The van der Waals surface area contributed by atoms with Crippen LogP contribution in [-0.4, -0.2) is 24.9 Å². The first-order chi connectivity index (χ1) is 13.9. The molecule has 1 N–H and O–H groups in total. The Balaban J connectivity index is 1.73. The van der Waals surface area contributed by atoms with E-state index in [-0.39, 0.29) is 29.7 Å². The van der Waals surface area contributed by atoms with Crippen LogP contribution >= 0.6 is 15.9 Å². The lowest BCUT2D eigenvalue weighted by molar-refractivity contribution is 0.453. The number of aromatic hydroxyl groups is 1. The zero-order valence-electron chi connectivity index (χ0n) is 15.1. The second-order valence-corrected chi connectivity index (χ2v) is 7.22. The lowest BCUT2D eigenvalue weighted by Crippen LogP contribution is -2.20. The van der Waals surface area contributed by atoms with Gasteiger partial charge in [-0.15, -0.1) is 10.2 Å². The first kappa shape index (κ1) is 19.0. The van der Waals surface area contributed by atoms with Crippen molar-refractivity contribution in [2.24, 2.45) is 7.05 Å². The number of aromatic nitrogens is 4. The Labute approximate surface area is 172 Å². The van der Waals surface area contributed by atoms with Crippen molar-refractivity contribution in [3.8, 4) is 28.7 Å². The zero-order valence-corrected chi connectivity index (χ0v) is 16.7. The highest BCUT2D eigenvalue weighted by Crippen LogP contribution is 2.27. The van der Waals surface area contributed by atoms with Gasteiger partial charge in [-0.3, -0.25) is 9.36 Å². The molecule has 0 amide bonds. The maximum absolute atomic E-state index is 13.0. The van der Waals surface area contributed by atoms with E-state index < -0.39 is 11.3 Å². The van der Waals surface area contributed by atoms with Crippen LogP contribution in [0.25, 0.3) is 23.0 Å². The Morgan fingerprint density at radius 3 is 2.48 bits per heavy atom. The topological polar surface area (TPSA) is 94.0 Å². The summed E-state index contributed by atoms with van der Waals surface area (Å²) in [5, 5.41) is 18.2. The number of nitrogens with zero attached hydrogens (tertiary/aromatic N) is 4. The summed E-state index contributed by atoms with van der Waals surface area (Å²) in [5.41, 5.74) is 0.730. The van der Waals surface area contributed by atoms with Crippen molar-refractivity contribution in [3.05, 3.63) is 80.6 Å². The van der Waals surface area contributed by atoms with Crippen molar-refractivity contribution in [1.29, 1.82) is 0 Å². The highest BCUT2D eigenvalue weighted by Gasteiger charge is 2.21. The van der Waals surface area contributed by atoms with Crippen LogP contribution in [0.5, 0.6) is 5.75 Å². The fourth-order valence-corrected chi connectivity index (χ4v) is 3.06. The summed E-state index contributed by atoms with van der Waals surface area (Å²) in [5.74, 6) is -0.400. The monoisotopic (exact) mass is 456 g/mol. The lowest BCUT2D eigenvalue weighted by atomic mass is 10.1. The van der Waals surface area contributed by atoms with Gasteiger partial charge in [0.15, 0.2) is 5.69 Å². The predicted molar refractivity (Wildman–Crippen MR) is 107 cm³/mol. The summed E-state index contributed by atoms with van der Waals surface area (Å²) in [6.07, 6.45) is 0.276. The summed E-state index contributed by atoms with van der Waals surface area (Å²) in [6.45, 7) is 0. The average molecular weight is 457 g/mol. The van der Waals surface area contributed by atoms with Gasteiger partial charge in [0, 0.05) is 17.1 Å². The molecular weight excluding hydrogens is 443 g/mol. The molecule has 0 aliphatic rings. The molecule has 2 heterocycles. The molecule has 0 atom stereocenters. The van der Waals surface area contributed by atoms with Crippen LogP contribution in [0.1, 0.15) is 11.5 Å². The molecule has 2 aromatic carbocycles. The molecule has 0 unspecified atom stereocenters. The Bertz CT molecular complexity index is 1230. The van der Waals surface area contributed by atoms with Crippen molar-refractivity contribution in [3.63, 3.8) is 0 Å². The summed E-state index contributed by atoms with van der Waals surface area (Å²) < 4.78 is 20.8. The highest BCUT2D eigenvalue weighted by atomic mass is 79.9. The van der Waals surface area contributed by atoms with E-state index in [2.05, 4.69) is 31.1 Å². The van der Waals surface area contributed by atoms with E-state index in [9.17, 15) is 14.3 Å². The van der Waals surface area contributed by atoms with E-state index >= 15 is 0 Å². The van der Waals surface area contributed by atoms with Crippen molar-refractivity contribution in [2.45, 2.75) is 6.42 Å². The van der Waals surface area contributed by atoms with E-state index in [0.717, 1.165) is 10.0 Å². The van der Waals surface area contributed by atoms with Crippen LogP contribution in [0.15, 0.2) is 62.2 Å². The third kappa shape index (κ3) is 3.81. The van der Waals surface area contributed by atoms with Gasteiger partial charge in [-0.25, -0.2) is 9.37 Å². The Morgan fingerprint density at radius 2 is 1.79 bits per heavy atom. The van der Waals surface area contributed by atoms with Gasteiger partial charge >= 0.3 is 0 Å². The van der Waals surface area contributed by atoms with Gasteiger partial charge in [-0.1, -0.05) is 40.2 Å². The van der Waals surface area contributed by atoms with Crippen molar-refractivity contribution in [2.75, 3.05) is 0 Å². The maximum Gasteiger partial charge on any atom is 0.296 e. The molecule has 29 heavy (non-hydrogen) atoms. The van der Waals surface area contributed by atoms with Crippen molar-refractivity contribution >= 4 is 15.9 Å². The molecule has 0 spiro atoms. The molecule has 0 aliphatic carbocycles. The first-order valence-electron chi connectivity index (χ1n) is 8.55. The van der Waals surface area contributed by atoms with Gasteiger partial charge in [0.2, 0.25) is 11.6 Å². The molecule has 0 fully saturated rings. The number of halogens is 2. The molecule has 0 aliphatic heterocycles. The van der Waals surface area contributed by atoms with Crippen LogP contribution in [0.4, 0.5) is 4.39 Å². The fourth-order valence-electron chi connectivity index (χ4n) is 2.79. The van der Waals surface area contributed by atoms with Gasteiger partial charge in [0.25, 0.3) is 11.4 Å². The van der Waals surface area contributed by atoms with Crippen LogP contribution < -0.4 is 5.56 Å². The number of hydrogen-bond acceptors (Lipinski definition) is 6. The molecule has 0 saturated carbocycles. The van der Waals surface area contributed by atoms with E-state index in [0.29, 0.717) is 11.4 Å². The van der Waals surface area contributed by atoms with Gasteiger partial charge < -0.3 is 9.52 Å². The van der Waals surface area contributed by atoms with Gasteiger partial charge in [0.1, 0.15) is 11.6 Å². The lowest BCUT2D eigenvalue weighted by Gasteiger charge is -2.10. The van der Waals surface area contributed by atoms with Gasteiger partial charge in [-0.2, -0.15) is 0 Å². The summed E-state index contributed by atoms with van der Waals surface area (Å²) in [7, 11) is 1.52. The van der Waals surface area contributed by atoms with E-state index in [1.54, 1.807) is 24.3 Å². The second kappa shape index (κ2) is 7.59. The molecule has 0 radical (unpaired) electrons. The fraction of sp³-hybridized carbons (Fsp3) is 0.100. The largest absolute Gasteiger partial charge is 0.501 e. The van der Waals surface area contributed by atoms with E-state index in [1.165, 1.54) is 23.7 Å². The smallest absolute Gasteiger partial charge is 0.296 e. The number of hydrogen-bond donors (Lipinski definition) is 1. The summed E-state index contributed by atoms with van der Waals surface area (Å²) in [6, 6.07) is 13.1. The molecule has 4 rings (SSSR count). The number of benzene rings is 2. The van der Waals surface area contributed by atoms with Gasteiger partial charge in [-0.05, 0) is 29.8 Å². The Kier molecular flexibility index (Phi) is 4.98.